The molecule has 5 rings (SSSR count). The first-order chi connectivity index (χ1) is 18.9. The molecule has 11 heteroatoms. The van der Waals surface area contributed by atoms with Crippen molar-refractivity contribution >= 4 is 29.1 Å². The van der Waals surface area contributed by atoms with Crippen molar-refractivity contribution in [3.63, 3.8) is 0 Å². The minimum Gasteiger partial charge on any atom is -0.346 e. The van der Waals surface area contributed by atoms with Gasteiger partial charge in [0.1, 0.15) is 0 Å². The fourth-order valence-corrected chi connectivity index (χ4v) is 5.89. The maximum absolute atomic E-state index is 13.4. The summed E-state index contributed by atoms with van der Waals surface area (Å²) in [7, 11) is 1.81. The molecule has 1 aliphatic rings. The summed E-state index contributed by atoms with van der Waals surface area (Å²) in [4.78, 5) is 41.8. The van der Waals surface area contributed by atoms with E-state index in [-0.39, 0.29) is 24.1 Å². The Morgan fingerprint density at radius 3 is 2.27 bits per heavy atom. The minimum absolute atomic E-state index is 0.0267. The SMILES string of the molecule is Cc1cnn(C)c1-c1cc(C(=O)N[C@@H](Cc2cccc(C(F)(F)F)c2)CN2C(=O)c3ccccc3C2=O)sc1C. The highest BCUT2D eigenvalue weighted by atomic mass is 32.1. The van der Waals surface area contributed by atoms with Gasteiger partial charge in [-0.25, -0.2) is 0 Å². The number of nitrogens with one attached hydrogen (secondary N) is 1. The van der Waals surface area contributed by atoms with Crippen LogP contribution in [0.1, 0.15) is 52.0 Å². The molecule has 2 aromatic heterocycles. The van der Waals surface area contributed by atoms with Crippen molar-refractivity contribution < 1.29 is 27.6 Å². The van der Waals surface area contributed by atoms with Crippen LogP contribution < -0.4 is 5.32 Å². The minimum atomic E-state index is -4.54. The van der Waals surface area contributed by atoms with Gasteiger partial charge in [-0.05, 0) is 55.7 Å². The molecule has 2 aromatic carbocycles. The summed E-state index contributed by atoms with van der Waals surface area (Å²) in [6.45, 7) is 3.61. The monoisotopic (exact) mass is 566 g/mol. The van der Waals surface area contributed by atoms with Gasteiger partial charge in [-0.15, -0.1) is 11.3 Å². The van der Waals surface area contributed by atoms with Crippen LogP contribution in [-0.4, -0.2) is 45.0 Å². The number of hydrogen-bond acceptors (Lipinski definition) is 5. The standard InChI is InChI=1S/C29H25F3N4O3S/c1-16-14-33-35(3)25(16)23-13-24(40-17(23)2)26(37)34-20(12-18-7-6-8-19(11-18)29(30,31)32)15-36-27(38)21-9-4-5-10-22(21)28(36)39/h4-11,13-14,20H,12,15H2,1-3H3,(H,34,37)/t20-/m0/s1. The molecular formula is C29H25F3N4O3S. The van der Waals surface area contributed by atoms with Crippen LogP contribution in [0.5, 0.6) is 0 Å². The van der Waals surface area contributed by atoms with E-state index in [4.69, 9.17) is 0 Å². The number of fused-ring (bicyclic) bond motifs is 1. The van der Waals surface area contributed by atoms with Crippen LogP contribution in [0.3, 0.4) is 0 Å². The molecule has 7 nitrogen and oxygen atoms in total. The maximum Gasteiger partial charge on any atom is 0.416 e. The van der Waals surface area contributed by atoms with Gasteiger partial charge < -0.3 is 5.32 Å². The largest absolute Gasteiger partial charge is 0.416 e. The summed E-state index contributed by atoms with van der Waals surface area (Å²) in [5, 5.41) is 7.14. The third-order valence-corrected chi connectivity index (χ3v) is 7.92. The molecule has 1 aliphatic heterocycles. The second kappa shape index (κ2) is 10.4. The molecule has 0 spiro atoms. The Labute approximate surface area is 232 Å². The van der Waals surface area contributed by atoms with E-state index in [0.717, 1.165) is 38.7 Å². The van der Waals surface area contributed by atoms with E-state index in [9.17, 15) is 27.6 Å². The number of halogens is 3. The highest BCUT2D eigenvalue weighted by Crippen LogP contribution is 2.33. The Balaban J connectivity index is 1.44. The predicted molar refractivity (Wildman–Crippen MR) is 144 cm³/mol. The van der Waals surface area contributed by atoms with E-state index in [1.165, 1.54) is 23.5 Å². The summed E-state index contributed by atoms with van der Waals surface area (Å²) in [5.74, 6) is -1.47. The molecule has 0 saturated heterocycles. The molecule has 0 fully saturated rings. The first-order valence-corrected chi connectivity index (χ1v) is 13.3. The summed E-state index contributed by atoms with van der Waals surface area (Å²) >= 11 is 1.28. The van der Waals surface area contributed by atoms with Crippen molar-refractivity contribution in [3.8, 4) is 11.3 Å². The number of benzene rings is 2. The molecular weight excluding hydrogens is 541 g/mol. The number of imide groups is 1. The van der Waals surface area contributed by atoms with Crippen molar-refractivity contribution in [3.05, 3.63) is 98.4 Å². The molecule has 0 unspecified atom stereocenters. The Morgan fingerprint density at radius 1 is 1.00 bits per heavy atom. The smallest absolute Gasteiger partial charge is 0.346 e. The third kappa shape index (κ3) is 5.16. The Morgan fingerprint density at radius 2 is 1.68 bits per heavy atom. The summed E-state index contributed by atoms with van der Waals surface area (Å²) in [6, 6.07) is 12.1. The average molecular weight is 567 g/mol. The fraction of sp³-hybridized carbons (Fsp3) is 0.241. The van der Waals surface area contributed by atoms with Crippen molar-refractivity contribution in [1.29, 1.82) is 0 Å². The number of aromatic nitrogens is 2. The zero-order valence-electron chi connectivity index (χ0n) is 21.9. The van der Waals surface area contributed by atoms with E-state index in [1.54, 1.807) is 41.2 Å². The van der Waals surface area contributed by atoms with Gasteiger partial charge >= 0.3 is 6.18 Å². The number of alkyl halides is 3. The van der Waals surface area contributed by atoms with E-state index >= 15 is 0 Å². The number of amides is 3. The van der Waals surface area contributed by atoms with Crippen molar-refractivity contribution in [2.24, 2.45) is 7.05 Å². The molecule has 1 N–H and O–H groups in total. The zero-order chi connectivity index (χ0) is 28.8. The molecule has 40 heavy (non-hydrogen) atoms. The van der Waals surface area contributed by atoms with Gasteiger partial charge in [-0.3, -0.25) is 24.0 Å². The highest BCUT2D eigenvalue weighted by molar-refractivity contribution is 7.14. The molecule has 1 atom stereocenters. The van der Waals surface area contributed by atoms with Crippen molar-refractivity contribution in [2.75, 3.05) is 6.54 Å². The number of hydrogen-bond donors (Lipinski definition) is 1. The lowest BCUT2D eigenvalue weighted by atomic mass is 10.0. The lowest BCUT2D eigenvalue weighted by molar-refractivity contribution is -0.137. The zero-order valence-corrected chi connectivity index (χ0v) is 22.7. The van der Waals surface area contributed by atoms with Gasteiger partial charge in [-0.1, -0.05) is 30.3 Å². The van der Waals surface area contributed by atoms with Crippen LogP contribution in [0.15, 0.2) is 60.8 Å². The number of nitrogens with zero attached hydrogens (tertiary/aromatic N) is 3. The van der Waals surface area contributed by atoms with Crippen molar-refractivity contribution in [1.82, 2.24) is 20.0 Å². The summed E-state index contributed by atoms with van der Waals surface area (Å²) < 4.78 is 41.8. The topological polar surface area (TPSA) is 84.3 Å². The lowest BCUT2D eigenvalue weighted by Gasteiger charge is -2.24. The number of rotatable bonds is 7. The van der Waals surface area contributed by atoms with Crippen LogP contribution in [0.2, 0.25) is 0 Å². The molecule has 0 saturated carbocycles. The molecule has 206 valence electrons. The van der Waals surface area contributed by atoms with Crippen LogP contribution >= 0.6 is 11.3 Å². The Kier molecular flexibility index (Phi) is 7.09. The Bertz CT molecular complexity index is 1580. The predicted octanol–water partition coefficient (Wildman–Crippen LogP) is 5.42. The Hall–Kier alpha value is -4.25. The van der Waals surface area contributed by atoms with Gasteiger partial charge in [0.15, 0.2) is 0 Å². The van der Waals surface area contributed by atoms with Crippen LogP contribution in [0.4, 0.5) is 13.2 Å². The quantitative estimate of drug-likeness (QED) is 0.303. The van der Waals surface area contributed by atoms with E-state index in [0.29, 0.717) is 10.4 Å². The number of carbonyl (C=O) groups excluding carboxylic acids is 3. The van der Waals surface area contributed by atoms with Crippen LogP contribution in [-0.2, 0) is 19.6 Å². The average Bonchev–Trinajstić information content (AvgIpc) is 3.53. The molecule has 3 heterocycles. The summed E-state index contributed by atoms with van der Waals surface area (Å²) in [6.07, 6.45) is -2.83. The number of aryl methyl sites for hydroxylation is 3. The lowest BCUT2D eigenvalue weighted by Crippen LogP contribution is -2.46. The number of carbonyl (C=O) groups is 3. The van der Waals surface area contributed by atoms with Gasteiger partial charge in [0, 0.05) is 24.0 Å². The molecule has 0 radical (unpaired) electrons. The van der Waals surface area contributed by atoms with Gasteiger partial charge in [-0.2, -0.15) is 18.3 Å². The van der Waals surface area contributed by atoms with Gasteiger partial charge in [0.05, 0.1) is 39.5 Å². The van der Waals surface area contributed by atoms with Crippen molar-refractivity contribution in [2.45, 2.75) is 32.5 Å². The first-order valence-electron chi connectivity index (χ1n) is 12.5. The maximum atomic E-state index is 13.4. The molecule has 0 bridgehead atoms. The van der Waals surface area contributed by atoms with E-state index < -0.39 is 35.5 Å². The summed E-state index contributed by atoms with van der Waals surface area (Å²) in [5.41, 5.74) is 2.67. The second-order valence-electron chi connectivity index (χ2n) is 9.72. The van der Waals surface area contributed by atoms with Gasteiger partial charge in [0.2, 0.25) is 0 Å². The molecule has 4 aromatic rings. The first kappa shape index (κ1) is 27.3. The van der Waals surface area contributed by atoms with Crippen LogP contribution in [0.25, 0.3) is 11.3 Å². The molecule has 0 aliphatic carbocycles. The van der Waals surface area contributed by atoms with Crippen LogP contribution in [0, 0.1) is 13.8 Å². The van der Waals surface area contributed by atoms with E-state index in [1.807, 2.05) is 20.9 Å². The highest BCUT2D eigenvalue weighted by Gasteiger charge is 2.37. The molecule has 3 amide bonds. The van der Waals surface area contributed by atoms with E-state index in [2.05, 4.69) is 10.4 Å². The third-order valence-electron chi connectivity index (χ3n) is 6.87. The van der Waals surface area contributed by atoms with Gasteiger partial charge in [0.25, 0.3) is 17.7 Å². The second-order valence-corrected chi connectivity index (χ2v) is 11.0. The fourth-order valence-electron chi connectivity index (χ4n) is 4.97. The normalized spacial score (nSPS) is 14.0. The number of thiophene rings is 1.